The van der Waals surface area contributed by atoms with E-state index in [0.717, 1.165) is 0 Å². The van der Waals surface area contributed by atoms with Crippen molar-refractivity contribution in [2.75, 3.05) is 13.1 Å². The lowest BCUT2D eigenvalue weighted by molar-refractivity contribution is 0.363. The molecule has 0 spiro atoms. The molecule has 1 saturated heterocycles. The molecule has 2 nitrogen and oxygen atoms in total. The molecular formula is C11H15BNO. The Balaban J connectivity index is 1.92. The van der Waals surface area contributed by atoms with E-state index in [0.29, 0.717) is 5.75 Å². The average molecular weight is 188 g/mol. The Labute approximate surface area is 85.8 Å². The van der Waals surface area contributed by atoms with Crippen molar-refractivity contribution in [3.05, 3.63) is 24.3 Å². The molecular weight excluding hydrogens is 173 g/mol. The molecule has 0 atom stereocenters. The predicted molar refractivity (Wildman–Crippen MR) is 58.9 cm³/mol. The Morgan fingerprint density at radius 1 is 1.00 bits per heavy atom. The highest BCUT2D eigenvalue weighted by Crippen LogP contribution is 2.08. The topological polar surface area (TPSA) is 23.5 Å². The summed E-state index contributed by atoms with van der Waals surface area (Å²) in [7, 11) is 2.18. The largest absolute Gasteiger partial charge is 0.508 e. The number of aromatic hydroxyl groups is 1. The second kappa shape index (κ2) is 4.51. The molecule has 0 bridgehead atoms. The van der Waals surface area contributed by atoms with Crippen LogP contribution in [0.15, 0.2) is 24.3 Å². The van der Waals surface area contributed by atoms with Crippen molar-refractivity contribution in [2.24, 2.45) is 0 Å². The van der Waals surface area contributed by atoms with Crippen molar-refractivity contribution < 1.29 is 5.11 Å². The molecule has 1 aromatic carbocycles. The maximum absolute atomic E-state index is 9.14. The van der Waals surface area contributed by atoms with Crippen LogP contribution in [0.5, 0.6) is 5.75 Å². The fraction of sp³-hybridized carbons (Fsp3) is 0.455. The van der Waals surface area contributed by atoms with Gasteiger partial charge in [-0.25, -0.2) is 0 Å². The summed E-state index contributed by atoms with van der Waals surface area (Å²) in [6.07, 6.45) is 3.96. The molecule has 0 aliphatic carbocycles. The van der Waals surface area contributed by atoms with Gasteiger partial charge in [-0.3, -0.25) is 0 Å². The van der Waals surface area contributed by atoms with Crippen LogP contribution in [-0.4, -0.2) is 30.4 Å². The number of rotatable bonds is 2. The van der Waals surface area contributed by atoms with Gasteiger partial charge in [0.2, 0.25) is 7.41 Å². The minimum absolute atomic E-state index is 0.334. The van der Waals surface area contributed by atoms with E-state index in [-0.39, 0.29) is 0 Å². The van der Waals surface area contributed by atoms with E-state index < -0.39 is 0 Å². The van der Waals surface area contributed by atoms with Crippen LogP contribution in [0.4, 0.5) is 0 Å². The van der Waals surface area contributed by atoms with E-state index in [1.807, 2.05) is 12.1 Å². The molecule has 73 valence electrons. The maximum atomic E-state index is 9.14. The number of benzene rings is 1. The summed E-state index contributed by atoms with van der Waals surface area (Å²) in [5.74, 6) is 0.334. The Morgan fingerprint density at radius 2 is 1.64 bits per heavy atom. The molecule has 1 radical (unpaired) electrons. The summed E-state index contributed by atoms with van der Waals surface area (Å²) in [5.41, 5.74) is 1.17. The monoisotopic (exact) mass is 188 g/mol. The number of piperidine rings is 1. The van der Waals surface area contributed by atoms with Gasteiger partial charge in [0.15, 0.2) is 0 Å². The van der Waals surface area contributed by atoms with Crippen molar-refractivity contribution in [1.29, 1.82) is 0 Å². The quantitative estimate of drug-likeness (QED) is 0.703. The zero-order valence-corrected chi connectivity index (χ0v) is 8.32. The van der Waals surface area contributed by atoms with E-state index in [4.69, 9.17) is 5.11 Å². The van der Waals surface area contributed by atoms with Crippen molar-refractivity contribution >= 4 is 12.9 Å². The zero-order chi connectivity index (χ0) is 9.80. The fourth-order valence-corrected chi connectivity index (χ4v) is 1.82. The summed E-state index contributed by atoms with van der Waals surface area (Å²) in [5, 5.41) is 9.14. The van der Waals surface area contributed by atoms with Crippen LogP contribution in [0, 0.1) is 0 Å². The molecule has 14 heavy (non-hydrogen) atoms. The van der Waals surface area contributed by atoms with E-state index in [2.05, 4.69) is 12.2 Å². The average Bonchev–Trinajstić information content (AvgIpc) is 2.23. The fourth-order valence-electron chi connectivity index (χ4n) is 1.82. The number of nitrogens with zero attached hydrogens (tertiary/aromatic N) is 1. The van der Waals surface area contributed by atoms with E-state index in [1.54, 1.807) is 12.1 Å². The van der Waals surface area contributed by atoms with Crippen LogP contribution in [0.1, 0.15) is 19.3 Å². The lowest BCUT2D eigenvalue weighted by atomic mass is 9.79. The minimum atomic E-state index is 0.334. The lowest BCUT2D eigenvalue weighted by Crippen LogP contribution is -2.39. The standard InChI is InChI=1S/C11H15BNO/c14-11-6-4-10(5-7-11)12-13-8-2-1-3-9-13/h4-7,14H,1-3,8-9H2. The van der Waals surface area contributed by atoms with Gasteiger partial charge in [0.25, 0.3) is 0 Å². The molecule has 0 amide bonds. The highest BCUT2D eigenvalue weighted by Gasteiger charge is 2.11. The first-order valence-corrected chi connectivity index (χ1v) is 5.22. The van der Waals surface area contributed by atoms with Crippen LogP contribution in [0.25, 0.3) is 0 Å². The number of phenolic OH excluding ortho intramolecular Hbond substituents is 1. The molecule has 0 unspecified atom stereocenters. The normalized spacial score (nSPS) is 18.0. The summed E-state index contributed by atoms with van der Waals surface area (Å²) in [4.78, 5) is 2.36. The number of hydrogen-bond donors (Lipinski definition) is 1. The Bertz CT molecular complexity index is 280. The van der Waals surface area contributed by atoms with E-state index in [1.165, 1.54) is 37.8 Å². The Morgan fingerprint density at radius 3 is 2.29 bits per heavy atom. The number of hydrogen-bond acceptors (Lipinski definition) is 2. The molecule has 1 heterocycles. The van der Waals surface area contributed by atoms with Crippen molar-refractivity contribution in [1.82, 2.24) is 4.81 Å². The molecule has 0 aromatic heterocycles. The van der Waals surface area contributed by atoms with Gasteiger partial charge in [-0.15, -0.1) is 0 Å². The summed E-state index contributed by atoms with van der Waals surface area (Å²) in [6, 6.07) is 7.36. The highest BCUT2D eigenvalue weighted by molar-refractivity contribution is 6.50. The third-order valence-corrected chi connectivity index (χ3v) is 2.62. The molecule has 1 aromatic rings. The van der Waals surface area contributed by atoms with Gasteiger partial charge in [-0.1, -0.05) is 24.0 Å². The van der Waals surface area contributed by atoms with Crippen LogP contribution in [0.3, 0.4) is 0 Å². The molecule has 3 heteroatoms. The molecule has 2 rings (SSSR count). The summed E-state index contributed by atoms with van der Waals surface area (Å²) in [6.45, 7) is 2.34. The van der Waals surface area contributed by atoms with Gasteiger partial charge in [0.05, 0.1) is 0 Å². The van der Waals surface area contributed by atoms with Gasteiger partial charge in [0.1, 0.15) is 5.75 Å². The van der Waals surface area contributed by atoms with Crippen LogP contribution in [0.2, 0.25) is 0 Å². The maximum Gasteiger partial charge on any atom is 0.247 e. The van der Waals surface area contributed by atoms with Gasteiger partial charge in [-0.2, -0.15) is 0 Å². The number of phenols is 1. The van der Waals surface area contributed by atoms with Crippen LogP contribution in [-0.2, 0) is 0 Å². The molecule has 1 aliphatic rings. The summed E-state index contributed by atoms with van der Waals surface area (Å²) >= 11 is 0. The van der Waals surface area contributed by atoms with E-state index in [9.17, 15) is 0 Å². The van der Waals surface area contributed by atoms with Gasteiger partial charge >= 0.3 is 0 Å². The molecule has 0 saturated carbocycles. The molecule has 1 fully saturated rings. The second-order valence-corrected chi connectivity index (χ2v) is 3.82. The third-order valence-electron chi connectivity index (χ3n) is 2.62. The minimum Gasteiger partial charge on any atom is -0.508 e. The summed E-state index contributed by atoms with van der Waals surface area (Å²) < 4.78 is 0. The first-order chi connectivity index (χ1) is 6.84. The second-order valence-electron chi connectivity index (χ2n) is 3.82. The van der Waals surface area contributed by atoms with Crippen LogP contribution < -0.4 is 5.46 Å². The van der Waals surface area contributed by atoms with Crippen molar-refractivity contribution in [3.8, 4) is 5.75 Å². The Kier molecular flexibility index (Phi) is 3.09. The highest BCUT2D eigenvalue weighted by atomic mass is 16.3. The first kappa shape index (κ1) is 9.59. The lowest BCUT2D eigenvalue weighted by Gasteiger charge is -2.25. The van der Waals surface area contributed by atoms with E-state index >= 15 is 0 Å². The zero-order valence-electron chi connectivity index (χ0n) is 8.32. The third kappa shape index (κ3) is 2.52. The predicted octanol–water partition coefficient (Wildman–Crippen LogP) is 1.12. The van der Waals surface area contributed by atoms with Gasteiger partial charge < -0.3 is 9.92 Å². The smallest absolute Gasteiger partial charge is 0.247 e. The first-order valence-electron chi connectivity index (χ1n) is 5.22. The molecule has 1 aliphatic heterocycles. The van der Waals surface area contributed by atoms with Crippen LogP contribution >= 0.6 is 0 Å². The Hall–Kier alpha value is -0.955. The van der Waals surface area contributed by atoms with Crippen molar-refractivity contribution in [3.63, 3.8) is 0 Å². The van der Waals surface area contributed by atoms with Gasteiger partial charge in [-0.05, 0) is 38.1 Å². The SMILES string of the molecule is Oc1ccc([B]N2CCCCC2)cc1. The van der Waals surface area contributed by atoms with Crippen molar-refractivity contribution in [2.45, 2.75) is 19.3 Å². The molecule has 1 N–H and O–H groups in total. The van der Waals surface area contributed by atoms with Gasteiger partial charge in [0, 0.05) is 0 Å².